The molecule has 0 bridgehead atoms. The Morgan fingerprint density at radius 1 is 0.255 bits per heavy atom. The minimum atomic E-state index is -0.846. The molecule has 0 saturated heterocycles. The van der Waals surface area contributed by atoms with Crippen molar-refractivity contribution in [3.05, 3.63) is 0 Å². The Morgan fingerprint density at radius 2 is 0.418 bits per heavy atom. The highest BCUT2D eigenvalue weighted by Crippen LogP contribution is 2.37. The summed E-state index contributed by atoms with van der Waals surface area (Å²) in [7, 11) is -0.846. The lowest BCUT2D eigenvalue weighted by molar-refractivity contribution is -0.0299. The zero-order chi connectivity index (χ0) is 39.6. The highest BCUT2D eigenvalue weighted by Gasteiger charge is 2.08. The van der Waals surface area contributed by atoms with E-state index in [0.29, 0.717) is 218 Å². The third-order valence-corrected chi connectivity index (χ3v) is 8.07. The molecule has 0 aliphatic rings. The van der Waals surface area contributed by atoms with Crippen molar-refractivity contribution in [3.8, 4) is 0 Å². The summed E-state index contributed by atoms with van der Waals surface area (Å²) in [5.74, 6) is 0. The Balaban J connectivity index is 3.09. The van der Waals surface area contributed by atoms with Gasteiger partial charge in [-0.3, -0.25) is 0 Å². The fourth-order valence-corrected chi connectivity index (χ4v) is 5.04. The van der Waals surface area contributed by atoms with E-state index in [-0.39, 0.29) is 0 Å². The van der Waals surface area contributed by atoms with Gasteiger partial charge in [-0.05, 0) is 13.8 Å². The van der Waals surface area contributed by atoms with Crippen molar-refractivity contribution in [2.45, 2.75) is 13.8 Å². The van der Waals surface area contributed by atoms with Crippen LogP contribution >= 0.6 is 8.38 Å². The molecule has 0 heterocycles. The summed E-state index contributed by atoms with van der Waals surface area (Å²) in [6.45, 7) is 21.3. The van der Waals surface area contributed by atoms with Crippen molar-refractivity contribution in [2.75, 3.05) is 224 Å². The van der Waals surface area contributed by atoms with Gasteiger partial charge in [-0.25, -0.2) is 0 Å². The van der Waals surface area contributed by atoms with E-state index in [1.165, 1.54) is 0 Å². The maximum Gasteiger partial charge on any atom is 0.172 e. The summed E-state index contributed by atoms with van der Waals surface area (Å²) >= 11 is 0. The predicted molar refractivity (Wildman–Crippen MR) is 206 cm³/mol. The lowest BCUT2D eigenvalue weighted by atomic mass is 10.6. The number of nitrogens with two attached hydrogens (primary N) is 1. The Labute approximate surface area is 331 Å². The van der Waals surface area contributed by atoms with E-state index < -0.39 is 8.38 Å². The van der Waals surface area contributed by atoms with Gasteiger partial charge in [0.05, 0.1) is 211 Å². The van der Waals surface area contributed by atoms with Gasteiger partial charge in [0.1, 0.15) is 0 Å². The number of hydrogen-bond acceptors (Lipinski definition) is 18. The Bertz CT molecular complexity index is 678. The average molecular weight is 826 g/mol. The zero-order valence-corrected chi connectivity index (χ0v) is 34.9. The molecule has 19 heteroatoms. The van der Waals surface area contributed by atoms with Crippen molar-refractivity contribution in [1.82, 2.24) is 0 Å². The Kier molecular flexibility index (Phi) is 51.5. The number of ether oxygens (including phenoxy) is 15. The van der Waals surface area contributed by atoms with Crippen LogP contribution in [0.1, 0.15) is 13.8 Å². The van der Waals surface area contributed by atoms with E-state index in [9.17, 15) is 0 Å². The topological polar surface area (TPSA) is 183 Å². The van der Waals surface area contributed by atoms with Gasteiger partial charge in [0, 0.05) is 12.7 Å². The van der Waals surface area contributed by atoms with Crippen LogP contribution in [0.25, 0.3) is 0 Å². The highest BCUT2D eigenvalue weighted by atomic mass is 31.2. The molecule has 0 aromatic rings. The lowest BCUT2D eigenvalue weighted by Crippen LogP contribution is -2.16. The average Bonchev–Trinajstić information content (AvgIpc) is 3.19. The van der Waals surface area contributed by atoms with E-state index in [0.717, 1.165) is 6.16 Å². The molecular formula is C36H76NO17P. The van der Waals surface area contributed by atoms with E-state index >= 15 is 0 Å². The third-order valence-electron chi connectivity index (χ3n) is 6.43. The van der Waals surface area contributed by atoms with Crippen LogP contribution in [0, 0.1) is 0 Å². The molecule has 0 amide bonds. The minimum absolute atomic E-state index is 0.500. The van der Waals surface area contributed by atoms with Crippen molar-refractivity contribution in [1.29, 1.82) is 0 Å². The van der Waals surface area contributed by atoms with E-state index in [2.05, 4.69) is 0 Å². The second-order valence-corrected chi connectivity index (χ2v) is 12.5. The van der Waals surface area contributed by atoms with Gasteiger partial charge in [0.15, 0.2) is 8.38 Å². The first-order valence-electron chi connectivity index (χ1n) is 19.7. The van der Waals surface area contributed by atoms with Crippen molar-refractivity contribution in [2.24, 2.45) is 5.73 Å². The largest absolute Gasteiger partial charge is 0.379 e. The quantitative estimate of drug-likeness (QED) is 0.0689. The van der Waals surface area contributed by atoms with Crippen molar-refractivity contribution in [3.63, 3.8) is 0 Å². The van der Waals surface area contributed by atoms with Gasteiger partial charge < -0.3 is 85.8 Å². The second-order valence-electron chi connectivity index (χ2n) is 10.9. The van der Waals surface area contributed by atoms with Crippen LogP contribution in [0.4, 0.5) is 0 Å². The smallest absolute Gasteiger partial charge is 0.172 e. The maximum absolute atomic E-state index is 5.56. The van der Waals surface area contributed by atoms with Crippen LogP contribution in [0.3, 0.4) is 0 Å². The molecule has 2 N–H and O–H groups in total. The molecule has 0 fully saturated rings. The fraction of sp³-hybridized carbons (Fsp3) is 1.00. The zero-order valence-electron chi connectivity index (χ0n) is 34.0. The molecule has 0 unspecified atom stereocenters. The first-order chi connectivity index (χ1) is 27.3. The predicted octanol–water partition coefficient (Wildman–Crippen LogP) is 1.58. The van der Waals surface area contributed by atoms with Gasteiger partial charge >= 0.3 is 0 Å². The normalized spacial score (nSPS) is 11.8. The Morgan fingerprint density at radius 3 is 0.582 bits per heavy atom. The summed E-state index contributed by atoms with van der Waals surface area (Å²) < 4.78 is 93.1. The summed E-state index contributed by atoms with van der Waals surface area (Å²) in [5.41, 5.74) is 5.34. The van der Waals surface area contributed by atoms with Gasteiger partial charge in [-0.15, -0.1) is 0 Å². The molecule has 0 aliphatic carbocycles. The van der Waals surface area contributed by atoms with Crippen LogP contribution in [-0.2, 0) is 80.1 Å². The molecule has 0 aromatic heterocycles. The van der Waals surface area contributed by atoms with Gasteiger partial charge in [0.2, 0.25) is 0 Å². The van der Waals surface area contributed by atoms with Crippen molar-refractivity contribution >= 4 is 8.38 Å². The summed E-state index contributed by atoms with van der Waals surface area (Å²) in [5, 5.41) is 0. The van der Waals surface area contributed by atoms with Gasteiger partial charge in [-0.2, -0.15) is 0 Å². The lowest BCUT2D eigenvalue weighted by Gasteiger charge is -2.15. The minimum Gasteiger partial charge on any atom is -0.379 e. The van der Waals surface area contributed by atoms with Crippen LogP contribution < -0.4 is 5.73 Å². The SMILES string of the molecule is CCOP(CCOCCOCCOCCOCCOCCOCCOCCOCCOCCOCCOCCOCCOCCOCCOCCN)OCC. The van der Waals surface area contributed by atoms with Crippen LogP contribution in [0.5, 0.6) is 0 Å². The standard InChI is InChI=1S/C36H76NO17P/c1-3-53-55(54-4-2)36-35-52-34-33-51-32-31-50-30-29-49-28-27-48-26-25-47-24-23-46-22-21-45-20-19-44-18-17-43-16-15-42-14-13-41-12-11-40-10-9-39-8-7-38-6-5-37/h3-37H2,1-2H3. The van der Waals surface area contributed by atoms with Crippen LogP contribution in [0.2, 0.25) is 0 Å². The molecule has 18 nitrogen and oxygen atoms in total. The number of rotatable bonds is 51. The molecule has 0 radical (unpaired) electrons. The summed E-state index contributed by atoms with van der Waals surface area (Å²) in [6, 6.07) is 0. The number of hydrogen-bond donors (Lipinski definition) is 1. The van der Waals surface area contributed by atoms with Crippen LogP contribution in [-0.4, -0.2) is 224 Å². The first-order valence-corrected chi connectivity index (χ1v) is 21.1. The maximum atomic E-state index is 5.56. The monoisotopic (exact) mass is 825 g/mol. The van der Waals surface area contributed by atoms with Gasteiger partial charge in [0.25, 0.3) is 0 Å². The van der Waals surface area contributed by atoms with E-state index in [1.54, 1.807) is 0 Å². The van der Waals surface area contributed by atoms with E-state index in [1.807, 2.05) is 13.8 Å². The molecular weight excluding hydrogens is 749 g/mol. The molecule has 0 saturated carbocycles. The third kappa shape index (κ3) is 49.8. The molecule has 0 rings (SSSR count). The van der Waals surface area contributed by atoms with E-state index in [4.69, 9.17) is 85.8 Å². The molecule has 55 heavy (non-hydrogen) atoms. The molecule has 0 spiro atoms. The van der Waals surface area contributed by atoms with Crippen LogP contribution in [0.15, 0.2) is 0 Å². The molecule has 0 atom stereocenters. The van der Waals surface area contributed by atoms with Crippen molar-refractivity contribution < 1.29 is 80.1 Å². The molecule has 332 valence electrons. The Hall–Kier alpha value is -0.290. The second kappa shape index (κ2) is 51.7. The fourth-order valence-electron chi connectivity index (χ4n) is 3.86. The highest BCUT2D eigenvalue weighted by molar-refractivity contribution is 7.47. The summed E-state index contributed by atoms with van der Waals surface area (Å²) in [4.78, 5) is 0. The summed E-state index contributed by atoms with van der Waals surface area (Å²) in [6.07, 6.45) is 0.770. The molecule has 0 aromatic carbocycles. The van der Waals surface area contributed by atoms with Gasteiger partial charge in [-0.1, -0.05) is 0 Å². The first kappa shape index (κ1) is 54.7. The molecule has 0 aliphatic heterocycles.